The van der Waals surface area contributed by atoms with Gasteiger partial charge in [0.05, 0.1) is 33.5 Å². The number of nitrogens with one attached hydrogen (secondary N) is 1. The smallest absolute Gasteiger partial charge is 0.260 e. The highest BCUT2D eigenvalue weighted by atomic mass is 35.5. The molecule has 0 unspecified atom stereocenters. The number of anilines is 1. The number of nitrogens with zero attached hydrogens (tertiary/aromatic N) is 1. The fourth-order valence-corrected chi connectivity index (χ4v) is 4.63. The van der Waals surface area contributed by atoms with Gasteiger partial charge in [0.2, 0.25) is 0 Å². The second-order valence-electron chi connectivity index (χ2n) is 8.72. The summed E-state index contributed by atoms with van der Waals surface area (Å²) in [5.74, 6) is -1.40. The summed E-state index contributed by atoms with van der Waals surface area (Å²) in [6, 6.07) is 7.60. The summed E-state index contributed by atoms with van der Waals surface area (Å²) in [4.78, 5) is 27.8. The number of halogens is 2. The molecule has 5 nitrogen and oxygen atoms in total. The van der Waals surface area contributed by atoms with Gasteiger partial charge in [0.15, 0.2) is 0 Å². The third-order valence-electron chi connectivity index (χ3n) is 5.85. The number of fused-ring (bicyclic) bond motifs is 1. The average Bonchev–Trinajstić information content (AvgIpc) is 3.42. The first kappa shape index (κ1) is 20.8. The van der Waals surface area contributed by atoms with Crippen LogP contribution in [0.25, 0.3) is 0 Å². The topological polar surface area (TPSA) is 69.6 Å². The summed E-state index contributed by atoms with van der Waals surface area (Å²) >= 11 is 6.16. The second-order valence-corrected chi connectivity index (χ2v) is 9.09. The van der Waals surface area contributed by atoms with E-state index >= 15 is 0 Å². The molecule has 7 heteroatoms. The van der Waals surface area contributed by atoms with Crippen LogP contribution in [0.2, 0.25) is 5.02 Å². The second kappa shape index (κ2) is 7.36. The van der Waals surface area contributed by atoms with Gasteiger partial charge in [-0.3, -0.25) is 9.59 Å². The summed E-state index contributed by atoms with van der Waals surface area (Å²) in [7, 11) is 0. The van der Waals surface area contributed by atoms with Crippen molar-refractivity contribution in [1.82, 2.24) is 4.90 Å². The minimum atomic E-state index is -1.04. The van der Waals surface area contributed by atoms with Crippen molar-refractivity contribution in [2.45, 2.75) is 51.8 Å². The maximum Gasteiger partial charge on any atom is 0.260 e. The third-order valence-corrected chi connectivity index (χ3v) is 6.34. The standard InChI is InChI=1S/C23H24ClFN2O3/c1-12-7-10-15(25)18(19(12)24)21(28)26-16-6-4-5-14-11-27(22(29)17(14)16)20(13-8-9-13)23(2,3)30/h4-7,10,13,20,30H,8-9,11H2,1-3H3,(H,26,28)/t20-/m0/s1. The lowest BCUT2D eigenvalue weighted by atomic mass is 9.93. The number of aryl methyl sites for hydroxylation is 1. The predicted molar refractivity (Wildman–Crippen MR) is 113 cm³/mol. The predicted octanol–water partition coefficient (Wildman–Crippen LogP) is 4.55. The maximum absolute atomic E-state index is 14.3. The molecule has 2 aromatic rings. The summed E-state index contributed by atoms with van der Waals surface area (Å²) < 4.78 is 14.3. The largest absolute Gasteiger partial charge is 0.388 e. The minimum absolute atomic E-state index is 0.0452. The zero-order chi connectivity index (χ0) is 21.8. The van der Waals surface area contributed by atoms with Gasteiger partial charge in [-0.1, -0.05) is 29.8 Å². The number of rotatable bonds is 5. The molecular formula is C23H24ClFN2O3. The fourth-order valence-electron chi connectivity index (χ4n) is 4.39. The van der Waals surface area contributed by atoms with Crippen molar-refractivity contribution in [3.05, 3.63) is 63.4 Å². The number of hydrogen-bond acceptors (Lipinski definition) is 3. The molecule has 0 bridgehead atoms. The number of aliphatic hydroxyl groups is 1. The van der Waals surface area contributed by atoms with E-state index in [-0.39, 0.29) is 28.5 Å². The van der Waals surface area contributed by atoms with Gasteiger partial charge in [0.1, 0.15) is 5.82 Å². The molecule has 4 rings (SSSR count). The molecule has 158 valence electrons. The van der Waals surface area contributed by atoms with Gasteiger partial charge in [0.25, 0.3) is 11.8 Å². The van der Waals surface area contributed by atoms with E-state index in [9.17, 15) is 19.1 Å². The van der Waals surface area contributed by atoms with Crippen LogP contribution in [0.3, 0.4) is 0 Å². The summed E-state index contributed by atoms with van der Waals surface area (Å²) in [5.41, 5.74) is 0.756. The van der Waals surface area contributed by atoms with Crippen LogP contribution in [0, 0.1) is 18.7 Å². The van der Waals surface area contributed by atoms with Gasteiger partial charge in [-0.25, -0.2) is 4.39 Å². The summed E-state index contributed by atoms with van der Waals surface area (Å²) in [5, 5.41) is 13.4. The van der Waals surface area contributed by atoms with E-state index < -0.39 is 17.3 Å². The first-order valence-electron chi connectivity index (χ1n) is 10.0. The normalized spacial score (nSPS) is 17.1. The molecule has 0 aromatic heterocycles. The Morgan fingerprint density at radius 1 is 1.30 bits per heavy atom. The molecule has 0 radical (unpaired) electrons. The Kier molecular flexibility index (Phi) is 5.11. The molecular weight excluding hydrogens is 407 g/mol. The fraction of sp³-hybridized carbons (Fsp3) is 0.391. The quantitative estimate of drug-likeness (QED) is 0.731. The van der Waals surface area contributed by atoms with Gasteiger partial charge in [-0.05, 0) is 62.8 Å². The van der Waals surface area contributed by atoms with Crippen LogP contribution in [-0.2, 0) is 6.54 Å². The van der Waals surface area contributed by atoms with Crippen molar-refractivity contribution in [2.75, 3.05) is 5.32 Å². The van der Waals surface area contributed by atoms with Gasteiger partial charge >= 0.3 is 0 Å². The van der Waals surface area contributed by atoms with E-state index in [4.69, 9.17) is 11.6 Å². The number of carbonyl (C=O) groups is 2. The maximum atomic E-state index is 14.3. The highest BCUT2D eigenvalue weighted by molar-refractivity contribution is 6.35. The van der Waals surface area contributed by atoms with E-state index in [1.165, 1.54) is 12.1 Å². The number of hydrogen-bond donors (Lipinski definition) is 2. The summed E-state index contributed by atoms with van der Waals surface area (Å²) in [6.07, 6.45) is 1.95. The van der Waals surface area contributed by atoms with Crippen LogP contribution in [0.15, 0.2) is 30.3 Å². The van der Waals surface area contributed by atoms with Crippen LogP contribution in [-0.4, -0.2) is 33.5 Å². The lowest BCUT2D eigenvalue weighted by Crippen LogP contribution is -2.51. The number of carbonyl (C=O) groups excluding carboxylic acids is 2. The zero-order valence-electron chi connectivity index (χ0n) is 17.1. The van der Waals surface area contributed by atoms with Crippen LogP contribution in [0.1, 0.15) is 58.5 Å². The lowest BCUT2D eigenvalue weighted by Gasteiger charge is -2.37. The number of amides is 2. The highest BCUT2D eigenvalue weighted by Gasteiger charge is 2.48. The third kappa shape index (κ3) is 3.59. The van der Waals surface area contributed by atoms with E-state index in [2.05, 4.69) is 5.32 Å². The SMILES string of the molecule is Cc1ccc(F)c(C(=O)Nc2cccc3c2C(=O)N([C@@H](C2CC2)C(C)(C)O)C3)c1Cl. The van der Waals surface area contributed by atoms with Crippen molar-refractivity contribution in [1.29, 1.82) is 0 Å². The molecule has 1 aliphatic carbocycles. The first-order valence-corrected chi connectivity index (χ1v) is 10.4. The molecule has 2 aromatic carbocycles. The summed E-state index contributed by atoms with van der Waals surface area (Å²) in [6.45, 7) is 5.49. The van der Waals surface area contributed by atoms with E-state index in [1.807, 2.05) is 6.07 Å². The van der Waals surface area contributed by atoms with E-state index in [0.717, 1.165) is 18.4 Å². The molecule has 1 fully saturated rings. The van der Waals surface area contributed by atoms with Crippen molar-refractivity contribution < 1.29 is 19.1 Å². The van der Waals surface area contributed by atoms with Gasteiger partial charge in [-0.15, -0.1) is 0 Å². The first-order chi connectivity index (χ1) is 14.1. The van der Waals surface area contributed by atoms with E-state index in [0.29, 0.717) is 23.4 Å². The van der Waals surface area contributed by atoms with Crippen molar-refractivity contribution in [2.24, 2.45) is 5.92 Å². The minimum Gasteiger partial charge on any atom is -0.388 e. The lowest BCUT2D eigenvalue weighted by molar-refractivity contribution is -0.0224. The Hall–Kier alpha value is -2.44. The molecule has 1 heterocycles. The van der Waals surface area contributed by atoms with E-state index in [1.54, 1.807) is 37.8 Å². The van der Waals surface area contributed by atoms with Crippen LogP contribution in [0.5, 0.6) is 0 Å². The van der Waals surface area contributed by atoms with Gasteiger partial charge in [0, 0.05) is 6.54 Å². The van der Waals surface area contributed by atoms with Crippen LogP contribution >= 0.6 is 11.6 Å². The Balaban J connectivity index is 1.66. The van der Waals surface area contributed by atoms with Crippen molar-refractivity contribution in [3.8, 4) is 0 Å². The monoisotopic (exact) mass is 430 g/mol. The van der Waals surface area contributed by atoms with Gasteiger partial charge < -0.3 is 15.3 Å². The number of benzene rings is 2. The Labute approximate surface area is 179 Å². The van der Waals surface area contributed by atoms with Crippen molar-refractivity contribution >= 4 is 29.1 Å². The molecule has 1 atom stereocenters. The molecule has 2 amide bonds. The molecule has 0 saturated heterocycles. The Morgan fingerprint density at radius 3 is 2.63 bits per heavy atom. The average molecular weight is 431 g/mol. The molecule has 30 heavy (non-hydrogen) atoms. The van der Waals surface area contributed by atoms with Crippen LogP contribution in [0.4, 0.5) is 10.1 Å². The van der Waals surface area contributed by atoms with Crippen LogP contribution < -0.4 is 5.32 Å². The van der Waals surface area contributed by atoms with Crippen molar-refractivity contribution in [3.63, 3.8) is 0 Å². The zero-order valence-corrected chi connectivity index (χ0v) is 17.9. The molecule has 2 aliphatic rings. The Morgan fingerprint density at radius 2 is 2.00 bits per heavy atom. The molecule has 0 spiro atoms. The highest BCUT2D eigenvalue weighted by Crippen LogP contribution is 2.43. The molecule has 2 N–H and O–H groups in total. The van der Waals surface area contributed by atoms with Gasteiger partial charge in [-0.2, -0.15) is 0 Å². The molecule has 1 saturated carbocycles. The Bertz CT molecular complexity index is 1040. The molecule has 1 aliphatic heterocycles.